The van der Waals surface area contributed by atoms with Crippen LogP contribution in [-0.2, 0) is 6.42 Å². The van der Waals surface area contributed by atoms with Gasteiger partial charge in [-0.05, 0) is 30.5 Å². The molecule has 1 aromatic heterocycles. The number of aromatic nitrogens is 3. The fourth-order valence-electron chi connectivity index (χ4n) is 1.43. The summed E-state index contributed by atoms with van der Waals surface area (Å²) in [4.78, 5) is 1.66. The molecular weight excluding hydrogens is 174 g/mol. The van der Waals surface area contributed by atoms with Crippen molar-refractivity contribution < 1.29 is 0 Å². The number of hydrogen-bond donors (Lipinski definition) is 0. The highest BCUT2D eigenvalue weighted by atomic mass is 15.5. The summed E-state index contributed by atoms with van der Waals surface area (Å²) in [5.41, 5.74) is 3.57. The van der Waals surface area contributed by atoms with Gasteiger partial charge < -0.3 is 0 Å². The molecule has 0 unspecified atom stereocenters. The van der Waals surface area contributed by atoms with Crippen molar-refractivity contribution in [1.82, 2.24) is 15.0 Å². The number of rotatable bonds is 2. The second kappa shape index (κ2) is 3.62. The van der Waals surface area contributed by atoms with Crippen molar-refractivity contribution in [2.45, 2.75) is 20.3 Å². The zero-order chi connectivity index (χ0) is 9.97. The van der Waals surface area contributed by atoms with E-state index in [-0.39, 0.29) is 0 Å². The lowest BCUT2D eigenvalue weighted by atomic mass is 10.1. The molecule has 0 aliphatic carbocycles. The van der Waals surface area contributed by atoms with Gasteiger partial charge in [-0.15, -0.1) is 0 Å². The second-order valence-corrected chi connectivity index (χ2v) is 3.29. The highest BCUT2D eigenvalue weighted by Gasteiger charge is 2.02. The predicted octanol–water partition coefficient (Wildman–Crippen LogP) is 2.14. The molecule has 0 bridgehead atoms. The van der Waals surface area contributed by atoms with E-state index in [2.05, 4.69) is 42.2 Å². The summed E-state index contributed by atoms with van der Waals surface area (Å²) in [5.74, 6) is 0. The zero-order valence-electron chi connectivity index (χ0n) is 8.44. The van der Waals surface area contributed by atoms with Crippen LogP contribution in [0.2, 0.25) is 0 Å². The van der Waals surface area contributed by atoms with E-state index in [1.54, 1.807) is 17.2 Å². The first-order valence-electron chi connectivity index (χ1n) is 4.77. The van der Waals surface area contributed by atoms with Crippen molar-refractivity contribution in [2.75, 3.05) is 0 Å². The van der Waals surface area contributed by atoms with Crippen molar-refractivity contribution in [2.24, 2.45) is 0 Å². The Morgan fingerprint density at radius 2 is 1.93 bits per heavy atom. The van der Waals surface area contributed by atoms with Crippen LogP contribution in [0.3, 0.4) is 0 Å². The fraction of sp³-hybridized carbons (Fsp3) is 0.273. The molecule has 0 saturated carbocycles. The Morgan fingerprint density at radius 1 is 1.21 bits per heavy atom. The number of hydrogen-bond acceptors (Lipinski definition) is 2. The third-order valence-electron chi connectivity index (χ3n) is 2.32. The van der Waals surface area contributed by atoms with Gasteiger partial charge in [0.05, 0.1) is 18.1 Å². The molecule has 0 atom stereocenters. The molecule has 3 heteroatoms. The zero-order valence-corrected chi connectivity index (χ0v) is 8.44. The third-order valence-corrected chi connectivity index (χ3v) is 2.32. The van der Waals surface area contributed by atoms with E-state index in [1.807, 2.05) is 0 Å². The van der Waals surface area contributed by atoms with Crippen molar-refractivity contribution in [3.05, 3.63) is 41.7 Å². The first-order valence-corrected chi connectivity index (χ1v) is 4.77. The van der Waals surface area contributed by atoms with Crippen LogP contribution in [0.25, 0.3) is 5.69 Å². The average molecular weight is 187 g/mol. The molecule has 0 N–H and O–H groups in total. The van der Waals surface area contributed by atoms with E-state index in [0.29, 0.717) is 0 Å². The Balaban J connectivity index is 2.51. The summed E-state index contributed by atoms with van der Waals surface area (Å²) >= 11 is 0. The Hall–Kier alpha value is -1.64. The maximum absolute atomic E-state index is 4.13. The lowest BCUT2D eigenvalue weighted by molar-refractivity contribution is 0.745. The smallest absolute Gasteiger partial charge is 0.0888 e. The first-order chi connectivity index (χ1) is 6.81. The van der Waals surface area contributed by atoms with Gasteiger partial charge in [0, 0.05) is 0 Å². The first kappa shape index (κ1) is 8.94. The van der Waals surface area contributed by atoms with Crippen molar-refractivity contribution in [3.8, 4) is 5.69 Å². The van der Waals surface area contributed by atoms with E-state index in [4.69, 9.17) is 0 Å². The standard InChI is InChI=1S/C11H13N3/c1-3-10-5-4-9(2)11(8-10)14-12-6-7-13-14/h4-8H,3H2,1-2H3. The molecule has 2 rings (SSSR count). The highest BCUT2D eigenvalue weighted by molar-refractivity contribution is 5.41. The molecule has 14 heavy (non-hydrogen) atoms. The monoisotopic (exact) mass is 187 g/mol. The minimum atomic E-state index is 1.04. The van der Waals surface area contributed by atoms with Gasteiger partial charge in [-0.25, -0.2) is 0 Å². The van der Waals surface area contributed by atoms with Crippen LogP contribution in [0.5, 0.6) is 0 Å². The van der Waals surface area contributed by atoms with Crippen LogP contribution in [0.4, 0.5) is 0 Å². The van der Waals surface area contributed by atoms with Crippen LogP contribution in [0.15, 0.2) is 30.6 Å². The molecule has 2 aromatic rings. The summed E-state index contributed by atoms with van der Waals surface area (Å²) in [5, 5.41) is 8.26. The van der Waals surface area contributed by atoms with Crippen molar-refractivity contribution in [3.63, 3.8) is 0 Å². The Bertz CT molecular complexity index is 418. The van der Waals surface area contributed by atoms with Gasteiger partial charge in [0.25, 0.3) is 0 Å². The fourth-order valence-corrected chi connectivity index (χ4v) is 1.43. The van der Waals surface area contributed by atoms with Crippen LogP contribution in [0.1, 0.15) is 18.1 Å². The number of benzene rings is 1. The SMILES string of the molecule is CCc1ccc(C)c(-n2nccn2)c1. The van der Waals surface area contributed by atoms with Gasteiger partial charge in [-0.1, -0.05) is 19.1 Å². The maximum Gasteiger partial charge on any atom is 0.0888 e. The highest BCUT2D eigenvalue weighted by Crippen LogP contribution is 2.14. The molecule has 0 radical (unpaired) electrons. The van der Waals surface area contributed by atoms with Gasteiger partial charge in [-0.3, -0.25) is 0 Å². The Kier molecular flexibility index (Phi) is 2.31. The molecular formula is C11H13N3. The quantitative estimate of drug-likeness (QED) is 0.721. The Labute approximate surface area is 83.4 Å². The normalized spacial score (nSPS) is 10.4. The minimum absolute atomic E-state index is 1.04. The van der Waals surface area contributed by atoms with Gasteiger partial charge >= 0.3 is 0 Å². The van der Waals surface area contributed by atoms with E-state index < -0.39 is 0 Å². The van der Waals surface area contributed by atoms with Crippen LogP contribution in [0, 0.1) is 6.92 Å². The third kappa shape index (κ3) is 1.53. The molecule has 3 nitrogen and oxygen atoms in total. The van der Waals surface area contributed by atoms with Gasteiger partial charge in [0.2, 0.25) is 0 Å². The van der Waals surface area contributed by atoms with E-state index in [0.717, 1.165) is 12.1 Å². The summed E-state index contributed by atoms with van der Waals surface area (Å²) in [6, 6.07) is 6.38. The molecule has 0 aliphatic rings. The maximum atomic E-state index is 4.13. The van der Waals surface area contributed by atoms with Crippen LogP contribution in [-0.4, -0.2) is 15.0 Å². The molecule has 1 heterocycles. The number of aryl methyl sites for hydroxylation is 2. The van der Waals surface area contributed by atoms with Crippen molar-refractivity contribution in [1.29, 1.82) is 0 Å². The van der Waals surface area contributed by atoms with E-state index >= 15 is 0 Å². The largest absolute Gasteiger partial charge is 0.157 e. The molecule has 72 valence electrons. The van der Waals surface area contributed by atoms with Crippen molar-refractivity contribution >= 4 is 0 Å². The number of nitrogens with zero attached hydrogens (tertiary/aromatic N) is 3. The van der Waals surface area contributed by atoms with Gasteiger partial charge in [0.15, 0.2) is 0 Å². The Morgan fingerprint density at radius 3 is 2.57 bits per heavy atom. The predicted molar refractivity (Wildman–Crippen MR) is 55.5 cm³/mol. The van der Waals surface area contributed by atoms with Gasteiger partial charge in [0.1, 0.15) is 0 Å². The summed E-state index contributed by atoms with van der Waals surface area (Å²) in [6.07, 6.45) is 4.42. The van der Waals surface area contributed by atoms with E-state index in [1.165, 1.54) is 11.1 Å². The van der Waals surface area contributed by atoms with Crippen LogP contribution >= 0.6 is 0 Å². The summed E-state index contributed by atoms with van der Waals surface area (Å²) in [7, 11) is 0. The molecule has 1 aromatic carbocycles. The molecule has 0 fully saturated rings. The molecule has 0 amide bonds. The average Bonchev–Trinajstić information content (AvgIpc) is 2.71. The lowest BCUT2D eigenvalue weighted by Gasteiger charge is -2.06. The van der Waals surface area contributed by atoms with Gasteiger partial charge in [-0.2, -0.15) is 15.0 Å². The summed E-state index contributed by atoms with van der Waals surface area (Å²) in [6.45, 7) is 4.21. The van der Waals surface area contributed by atoms with E-state index in [9.17, 15) is 0 Å². The minimum Gasteiger partial charge on any atom is -0.157 e. The summed E-state index contributed by atoms with van der Waals surface area (Å²) < 4.78 is 0. The molecule has 0 aliphatic heterocycles. The molecule has 0 saturated heterocycles. The lowest BCUT2D eigenvalue weighted by Crippen LogP contribution is -2.01. The topological polar surface area (TPSA) is 30.7 Å². The second-order valence-electron chi connectivity index (χ2n) is 3.29. The molecule has 0 spiro atoms. The van der Waals surface area contributed by atoms with Crippen LogP contribution < -0.4 is 0 Å².